The molecule has 0 spiro atoms. The molecule has 4 aromatic rings. The Kier molecular flexibility index (Phi) is 4.89. The second-order valence-corrected chi connectivity index (χ2v) is 6.37. The lowest BCUT2D eigenvalue weighted by atomic mass is 10.0. The molecule has 1 amide bonds. The first-order chi connectivity index (χ1) is 13.7. The third-order valence-corrected chi connectivity index (χ3v) is 4.48. The number of amides is 1. The van der Waals surface area contributed by atoms with Gasteiger partial charge in [-0.15, -0.1) is 0 Å². The van der Waals surface area contributed by atoms with Gasteiger partial charge >= 0.3 is 0 Å². The summed E-state index contributed by atoms with van der Waals surface area (Å²) in [5.74, 6) is -0.284. The van der Waals surface area contributed by atoms with Crippen molar-refractivity contribution in [2.24, 2.45) is 5.10 Å². The highest BCUT2D eigenvalue weighted by atomic mass is 16.2. The molecule has 2 heterocycles. The number of nitrogens with one attached hydrogen (secondary N) is 1. The quantitative estimate of drug-likeness (QED) is 0.431. The minimum Gasteiger partial charge on any atom is -0.267 e. The predicted molar refractivity (Wildman–Crippen MR) is 111 cm³/mol. The topological polar surface area (TPSA) is 67.2 Å². The van der Waals surface area contributed by atoms with Crippen LogP contribution in [0.4, 0.5) is 0 Å². The van der Waals surface area contributed by atoms with Crippen molar-refractivity contribution >= 4 is 23.0 Å². The summed E-state index contributed by atoms with van der Waals surface area (Å²) >= 11 is 0. The van der Waals surface area contributed by atoms with Crippen LogP contribution in [0.25, 0.3) is 22.2 Å². The SMILES string of the molecule is Cc1ccccc1C=NNC(=O)c1cc(-c2cccnc2)nc2ccccc12. The molecule has 136 valence electrons. The van der Waals surface area contributed by atoms with E-state index in [9.17, 15) is 4.79 Å². The van der Waals surface area contributed by atoms with Crippen molar-refractivity contribution in [3.8, 4) is 11.3 Å². The number of para-hydroxylation sites is 1. The summed E-state index contributed by atoms with van der Waals surface area (Å²) in [6.07, 6.45) is 5.09. The second kappa shape index (κ2) is 7.80. The number of rotatable bonds is 4. The molecule has 0 saturated heterocycles. The van der Waals surface area contributed by atoms with Crippen molar-refractivity contribution in [2.45, 2.75) is 6.92 Å². The van der Waals surface area contributed by atoms with Crippen molar-refractivity contribution in [3.63, 3.8) is 0 Å². The second-order valence-electron chi connectivity index (χ2n) is 6.37. The number of aryl methyl sites for hydroxylation is 1. The standard InChI is InChI=1S/C23H18N4O/c1-16-7-2-3-8-17(16)15-25-27-23(28)20-13-22(18-9-6-12-24-14-18)26-21-11-5-4-10-19(20)21/h2-15H,1H3,(H,27,28). The smallest absolute Gasteiger partial charge is 0.267 e. The maximum Gasteiger partial charge on any atom is 0.272 e. The fourth-order valence-electron chi connectivity index (χ4n) is 2.98. The minimum atomic E-state index is -0.284. The number of carbonyl (C=O) groups excluding carboxylic acids is 1. The van der Waals surface area contributed by atoms with Gasteiger partial charge in [0.15, 0.2) is 0 Å². The lowest BCUT2D eigenvalue weighted by Crippen LogP contribution is -2.18. The van der Waals surface area contributed by atoms with Crippen LogP contribution in [0, 0.1) is 6.92 Å². The van der Waals surface area contributed by atoms with Gasteiger partial charge in [0.25, 0.3) is 5.91 Å². The van der Waals surface area contributed by atoms with Gasteiger partial charge in [0.05, 0.1) is 23.0 Å². The van der Waals surface area contributed by atoms with Gasteiger partial charge in [0.1, 0.15) is 0 Å². The molecule has 28 heavy (non-hydrogen) atoms. The molecule has 0 fully saturated rings. The van der Waals surface area contributed by atoms with Crippen molar-refractivity contribution in [1.82, 2.24) is 15.4 Å². The molecule has 0 aliphatic carbocycles. The molecule has 2 aromatic heterocycles. The molecule has 0 aliphatic rings. The van der Waals surface area contributed by atoms with E-state index in [1.54, 1.807) is 24.7 Å². The summed E-state index contributed by atoms with van der Waals surface area (Å²) in [5, 5.41) is 4.91. The van der Waals surface area contributed by atoms with Gasteiger partial charge in [-0.2, -0.15) is 5.10 Å². The zero-order valence-corrected chi connectivity index (χ0v) is 15.3. The molecular formula is C23H18N4O. The van der Waals surface area contributed by atoms with E-state index in [1.165, 1.54) is 0 Å². The van der Waals surface area contributed by atoms with Gasteiger partial charge in [-0.3, -0.25) is 9.78 Å². The Bertz CT molecular complexity index is 1170. The minimum absolute atomic E-state index is 0.284. The highest BCUT2D eigenvalue weighted by Crippen LogP contribution is 2.24. The van der Waals surface area contributed by atoms with Crippen molar-refractivity contribution in [3.05, 3.63) is 95.8 Å². The number of hydrazone groups is 1. The van der Waals surface area contributed by atoms with E-state index in [0.29, 0.717) is 11.3 Å². The van der Waals surface area contributed by atoms with Crippen LogP contribution in [0.1, 0.15) is 21.5 Å². The third kappa shape index (κ3) is 3.64. The Balaban J connectivity index is 1.69. The summed E-state index contributed by atoms with van der Waals surface area (Å²) < 4.78 is 0. The number of aromatic nitrogens is 2. The summed E-state index contributed by atoms with van der Waals surface area (Å²) in [5.41, 5.74) is 7.49. The number of nitrogens with zero attached hydrogens (tertiary/aromatic N) is 3. The van der Waals surface area contributed by atoms with Gasteiger partial charge in [-0.1, -0.05) is 42.5 Å². The van der Waals surface area contributed by atoms with E-state index >= 15 is 0 Å². The Morgan fingerprint density at radius 2 is 1.86 bits per heavy atom. The van der Waals surface area contributed by atoms with Crippen molar-refractivity contribution in [1.29, 1.82) is 0 Å². The van der Waals surface area contributed by atoms with Gasteiger partial charge in [-0.05, 0) is 42.3 Å². The van der Waals surface area contributed by atoms with E-state index in [-0.39, 0.29) is 5.91 Å². The first-order valence-electron chi connectivity index (χ1n) is 8.91. The molecule has 0 bridgehead atoms. The summed E-state index contributed by atoms with van der Waals surface area (Å²) in [7, 11) is 0. The first-order valence-corrected chi connectivity index (χ1v) is 8.91. The zero-order chi connectivity index (χ0) is 19.3. The van der Waals surface area contributed by atoms with E-state index in [1.807, 2.05) is 67.6 Å². The maximum absolute atomic E-state index is 12.8. The van der Waals surface area contributed by atoms with E-state index in [0.717, 1.165) is 27.6 Å². The van der Waals surface area contributed by atoms with E-state index in [4.69, 9.17) is 0 Å². The first kappa shape index (κ1) is 17.5. The normalized spacial score (nSPS) is 11.0. The Morgan fingerprint density at radius 3 is 2.68 bits per heavy atom. The van der Waals surface area contributed by atoms with E-state index in [2.05, 4.69) is 20.5 Å². The highest BCUT2D eigenvalue weighted by molar-refractivity contribution is 6.07. The number of benzene rings is 2. The van der Waals surface area contributed by atoms with Crippen LogP contribution >= 0.6 is 0 Å². The van der Waals surface area contributed by atoms with Crippen LogP contribution in [0.3, 0.4) is 0 Å². The Morgan fingerprint density at radius 1 is 1.04 bits per heavy atom. The van der Waals surface area contributed by atoms with Gasteiger partial charge in [0, 0.05) is 23.3 Å². The van der Waals surface area contributed by atoms with Gasteiger partial charge in [0.2, 0.25) is 0 Å². The molecule has 0 unspecified atom stereocenters. The maximum atomic E-state index is 12.8. The van der Waals surface area contributed by atoms with Crippen molar-refractivity contribution < 1.29 is 4.79 Å². The Labute approximate surface area is 162 Å². The lowest BCUT2D eigenvalue weighted by Gasteiger charge is -2.08. The molecule has 5 nitrogen and oxygen atoms in total. The molecule has 0 aliphatic heterocycles. The van der Waals surface area contributed by atoms with Crippen molar-refractivity contribution in [2.75, 3.05) is 0 Å². The zero-order valence-electron chi connectivity index (χ0n) is 15.3. The summed E-state index contributed by atoms with van der Waals surface area (Å²) in [6, 6.07) is 21.0. The van der Waals surface area contributed by atoms with Gasteiger partial charge < -0.3 is 0 Å². The fraction of sp³-hybridized carbons (Fsp3) is 0.0435. The van der Waals surface area contributed by atoms with Crippen LogP contribution in [0.15, 0.2) is 84.2 Å². The number of carbonyl (C=O) groups is 1. The molecule has 0 radical (unpaired) electrons. The molecule has 0 saturated carbocycles. The predicted octanol–water partition coefficient (Wildman–Crippen LogP) is 4.37. The average molecular weight is 366 g/mol. The van der Waals surface area contributed by atoms with E-state index < -0.39 is 0 Å². The molecule has 2 aromatic carbocycles. The van der Waals surface area contributed by atoms with Crippen LogP contribution in [-0.4, -0.2) is 22.1 Å². The molecule has 1 N–H and O–H groups in total. The fourth-order valence-corrected chi connectivity index (χ4v) is 2.98. The number of hydrogen-bond acceptors (Lipinski definition) is 4. The largest absolute Gasteiger partial charge is 0.272 e. The Hall–Kier alpha value is -3.86. The number of pyridine rings is 2. The average Bonchev–Trinajstić information content (AvgIpc) is 2.75. The molecule has 4 rings (SSSR count). The number of fused-ring (bicyclic) bond motifs is 1. The monoisotopic (exact) mass is 366 g/mol. The summed E-state index contributed by atoms with van der Waals surface area (Å²) in [4.78, 5) is 21.7. The number of hydrogen-bond donors (Lipinski definition) is 1. The highest BCUT2D eigenvalue weighted by Gasteiger charge is 2.13. The third-order valence-electron chi connectivity index (χ3n) is 4.48. The lowest BCUT2D eigenvalue weighted by molar-refractivity contribution is 0.0956. The molecule has 0 atom stereocenters. The van der Waals surface area contributed by atoms with Crippen LogP contribution < -0.4 is 5.43 Å². The summed E-state index contributed by atoms with van der Waals surface area (Å²) in [6.45, 7) is 2.00. The van der Waals surface area contributed by atoms with Gasteiger partial charge in [-0.25, -0.2) is 10.4 Å². The van der Waals surface area contributed by atoms with Crippen LogP contribution in [-0.2, 0) is 0 Å². The molecule has 5 heteroatoms. The molecular weight excluding hydrogens is 348 g/mol. The van der Waals surface area contributed by atoms with Crippen LogP contribution in [0.2, 0.25) is 0 Å². The van der Waals surface area contributed by atoms with Crippen LogP contribution in [0.5, 0.6) is 0 Å².